The summed E-state index contributed by atoms with van der Waals surface area (Å²) in [5.74, 6) is 1.45. The molecular weight excluding hydrogens is 340 g/mol. The summed E-state index contributed by atoms with van der Waals surface area (Å²) in [6.07, 6.45) is 1.96. The topological polar surface area (TPSA) is 64.2 Å². The molecule has 3 rings (SSSR count). The van der Waals surface area contributed by atoms with Crippen molar-refractivity contribution in [3.63, 3.8) is 0 Å². The quantitative estimate of drug-likeness (QED) is 0.662. The summed E-state index contributed by atoms with van der Waals surface area (Å²) in [7, 11) is 1.55. The van der Waals surface area contributed by atoms with Crippen LogP contribution < -0.4 is 15.0 Å². The third-order valence-electron chi connectivity index (χ3n) is 3.86. The molecule has 1 heterocycles. The molecule has 0 fully saturated rings. The monoisotopic (exact) mass is 358 g/mol. The van der Waals surface area contributed by atoms with Crippen LogP contribution in [0.1, 0.15) is 19.8 Å². The van der Waals surface area contributed by atoms with Crippen LogP contribution in [0.4, 0.5) is 0 Å². The third-order valence-corrected chi connectivity index (χ3v) is 4.14. The Morgan fingerprint density at radius 3 is 2.80 bits per heavy atom. The van der Waals surface area contributed by atoms with E-state index in [1.165, 1.54) is 0 Å². The van der Waals surface area contributed by atoms with Gasteiger partial charge in [-0.15, -0.1) is 0 Å². The molecule has 5 nitrogen and oxygen atoms in total. The molecule has 0 saturated carbocycles. The van der Waals surface area contributed by atoms with Gasteiger partial charge in [-0.25, -0.2) is 4.98 Å². The summed E-state index contributed by atoms with van der Waals surface area (Å²) in [5.41, 5.74) is 1.09. The van der Waals surface area contributed by atoms with Crippen molar-refractivity contribution in [2.75, 3.05) is 13.7 Å². The molecule has 0 aliphatic heterocycles. The Morgan fingerprint density at radius 1 is 1.24 bits per heavy atom. The van der Waals surface area contributed by atoms with Gasteiger partial charge in [-0.1, -0.05) is 37.1 Å². The zero-order valence-corrected chi connectivity index (χ0v) is 14.9. The lowest BCUT2D eigenvalue weighted by Crippen LogP contribution is -2.09. The molecule has 0 amide bonds. The van der Waals surface area contributed by atoms with Gasteiger partial charge < -0.3 is 14.5 Å². The second-order valence-electron chi connectivity index (χ2n) is 5.62. The van der Waals surface area contributed by atoms with Crippen LogP contribution >= 0.6 is 11.6 Å². The highest BCUT2D eigenvalue weighted by molar-refractivity contribution is 6.32. The van der Waals surface area contributed by atoms with E-state index in [1.54, 1.807) is 37.4 Å². The number of ether oxygens (including phenoxy) is 2. The lowest BCUT2D eigenvalue weighted by atomic mass is 10.1. The van der Waals surface area contributed by atoms with Gasteiger partial charge >= 0.3 is 0 Å². The molecule has 0 bridgehead atoms. The Bertz CT molecular complexity index is 953. The number of methoxy groups -OCH3 is 1. The van der Waals surface area contributed by atoms with Crippen LogP contribution in [0, 0.1) is 0 Å². The molecule has 3 aromatic rings. The number of nitrogens with zero attached hydrogens (tertiary/aromatic N) is 1. The number of halogens is 1. The molecule has 0 radical (unpaired) electrons. The maximum atomic E-state index is 12.3. The number of aromatic amines is 1. The van der Waals surface area contributed by atoms with Crippen molar-refractivity contribution in [2.45, 2.75) is 19.8 Å². The van der Waals surface area contributed by atoms with Crippen LogP contribution in [-0.4, -0.2) is 23.7 Å². The number of benzene rings is 2. The molecule has 25 heavy (non-hydrogen) atoms. The number of hydrogen-bond acceptors (Lipinski definition) is 4. The Hall–Kier alpha value is -2.53. The molecular formula is C19H19ClN2O3. The highest BCUT2D eigenvalue weighted by Crippen LogP contribution is 2.38. The van der Waals surface area contributed by atoms with Crippen molar-refractivity contribution in [2.24, 2.45) is 0 Å². The van der Waals surface area contributed by atoms with Gasteiger partial charge in [0.05, 0.1) is 29.6 Å². The van der Waals surface area contributed by atoms with Crippen molar-refractivity contribution >= 4 is 22.5 Å². The predicted molar refractivity (Wildman–Crippen MR) is 99.8 cm³/mol. The molecule has 1 N–H and O–H groups in total. The molecule has 0 atom stereocenters. The highest BCUT2D eigenvalue weighted by atomic mass is 35.5. The fourth-order valence-electron chi connectivity index (χ4n) is 2.54. The van der Waals surface area contributed by atoms with Crippen LogP contribution in [0.2, 0.25) is 5.02 Å². The fraction of sp³-hybridized carbons (Fsp3) is 0.263. The Morgan fingerprint density at radius 2 is 2.04 bits per heavy atom. The summed E-state index contributed by atoms with van der Waals surface area (Å²) in [6, 6.07) is 10.7. The highest BCUT2D eigenvalue weighted by Gasteiger charge is 2.15. The van der Waals surface area contributed by atoms with E-state index in [-0.39, 0.29) is 5.56 Å². The lowest BCUT2D eigenvalue weighted by molar-refractivity contribution is 0.288. The summed E-state index contributed by atoms with van der Waals surface area (Å²) in [6.45, 7) is 2.66. The molecule has 0 spiro atoms. The third kappa shape index (κ3) is 3.61. The standard InChI is InChI=1S/C19H19ClN2O3/c1-3-4-9-25-17-14(20)10-12(11-16(17)24-2)18-21-15-8-6-5-7-13(15)19(23)22-18/h5-8,10-11H,3-4,9H2,1-2H3,(H,21,22,23). The molecule has 130 valence electrons. The average molecular weight is 359 g/mol. The molecule has 6 heteroatoms. The van der Waals surface area contributed by atoms with Crippen molar-refractivity contribution in [1.82, 2.24) is 9.97 Å². The Balaban J connectivity index is 2.06. The summed E-state index contributed by atoms with van der Waals surface area (Å²) < 4.78 is 11.1. The smallest absolute Gasteiger partial charge is 0.259 e. The average Bonchev–Trinajstić information content (AvgIpc) is 2.62. The maximum Gasteiger partial charge on any atom is 0.259 e. The lowest BCUT2D eigenvalue weighted by Gasteiger charge is -2.14. The zero-order valence-electron chi connectivity index (χ0n) is 14.1. The molecule has 2 aromatic carbocycles. The number of H-pyrrole nitrogens is 1. The molecule has 0 unspecified atom stereocenters. The van der Waals surface area contributed by atoms with Gasteiger partial charge in [0.15, 0.2) is 11.5 Å². The summed E-state index contributed by atoms with van der Waals surface area (Å²) >= 11 is 6.38. The van der Waals surface area contributed by atoms with Gasteiger partial charge in [-0.05, 0) is 30.7 Å². The number of hydrogen-bond donors (Lipinski definition) is 1. The van der Waals surface area contributed by atoms with E-state index in [0.29, 0.717) is 45.4 Å². The second kappa shape index (κ2) is 7.57. The first-order valence-corrected chi connectivity index (χ1v) is 8.51. The van der Waals surface area contributed by atoms with E-state index >= 15 is 0 Å². The SMILES string of the molecule is CCCCOc1c(Cl)cc(-c2nc3ccccc3c(=O)[nH]2)cc1OC. The van der Waals surface area contributed by atoms with Crippen molar-refractivity contribution < 1.29 is 9.47 Å². The van der Waals surface area contributed by atoms with E-state index in [2.05, 4.69) is 16.9 Å². The van der Waals surface area contributed by atoms with E-state index in [1.807, 2.05) is 6.07 Å². The van der Waals surface area contributed by atoms with Crippen LogP contribution in [0.5, 0.6) is 11.5 Å². The van der Waals surface area contributed by atoms with Crippen molar-refractivity contribution in [3.05, 3.63) is 51.8 Å². The first-order valence-electron chi connectivity index (χ1n) is 8.13. The number of rotatable bonds is 6. The van der Waals surface area contributed by atoms with Crippen LogP contribution in [0.15, 0.2) is 41.2 Å². The maximum absolute atomic E-state index is 12.3. The van der Waals surface area contributed by atoms with Gasteiger partial charge in [-0.3, -0.25) is 4.79 Å². The van der Waals surface area contributed by atoms with E-state index in [4.69, 9.17) is 21.1 Å². The van der Waals surface area contributed by atoms with Gasteiger partial charge in [0.1, 0.15) is 5.82 Å². The minimum atomic E-state index is -0.195. The van der Waals surface area contributed by atoms with Crippen LogP contribution in [-0.2, 0) is 0 Å². The van der Waals surface area contributed by atoms with E-state index in [0.717, 1.165) is 12.8 Å². The fourth-order valence-corrected chi connectivity index (χ4v) is 2.80. The Kier molecular flexibility index (Phi) is 5.24. The van der Waals surface area contributed by atoms with E-state index < -0.39 is 0 Å². The van der Waals surface area contributed by atoms with Crippen LogP contribution in [0.3, 0.4) is 0 Å². The largest absolute Gasteiger partial charge is 0.493 e. The second-order valence-corrected chi connectivity index (χ2v) is 6.03. The van der Waals surface area contributed by atoms with Crippen LogP contribution in [0.25, 0.3) is 22.3 Å². The van der Waals surface area contributed by atoms with Gasteiger partial charge in [0, 0.05) is 5.56 Å². The normalized spacial score (nSPS) is 10.8. The predicted octanol–water partition coefficient (Wildman–Crippen LogP) is 4.43. The summed E-state index contributed by atoms with van der Waals surface area (Å²) in [4.78, 5) is 19.6. The molecule has 0 aliphatic rings. The first kappa shape index (κ1) is 17.3. The van der Waals surface area contributed by atoms with Gasteiger partial charge in [0.25, 0.3) is 5.56 Å². The first-order chi connectivity index (χ1) is 12.1. The molecule has 0 aliphatic carbocycles. The Labute approximate surface area is 150 Å². The van der Waals surface area contributed by atoms with Gasteiger partial charge in [-0.2, -0.15) is 0 Å². The van der Waals surface area contributed by atoms with Crippen molar-refractivity contribution in [3.8, 4) is 22.9 Å². The minimum absolute atomic E-state index is 0.195. The number of aromatic nitrogens is 2. The molecule has 1 aromatic heterocycles. The minimum Gasteiger partial charge on any atom is -0.493 e. The number of unbranched alkanes of at least 4 members (excludes halogenated alkanes) is 1. The number of fused-ring (bicyclic) bond motifs is 1. The van der Waals surface area contributed by atoms with Crippen molar-refractivity contribution in [1.29, 1.82) is 0 Å². The molecule has 0 saturated heterocycles. The number of para-hydroxylation sites is 1. The number of nitrogens with one attached hydrogen (secondary N) is 1. The summed E-state index contributed by atoms with van der Waals surface area (Å²) in [5, 5.41) is 0.963. The zero-order chi connectivity index (χ0) is 17.8. The van der Waals surface area contributed by atoms with Gasteiger partial charge in [0.2, 0.25) is 0 Å². The van der Waals surface area contributed by atoms with E-state index in [9.17, 15) is 4.79 Å².